The van der Waals surface area contributed by atoms with Gasteiger partial charge in [-0.1, -0.05) is 24.3 Å². The van der Waals surface area contributed by atoms with Crippen molar-refractivity contribution in [3.05, 3.63) is 53.6 Å². The van der Waals surface area contributed by atoms with Gasteiger partial charge in [0.05, 0.1) is 7.11 Å². The van der Waals surface area contributed by atoms with Crippen LogP contribution in [0.4, 0.5) is 0 Å². The number of fused-ring (bicyclic) bond motifs is 1. The van der Waals surface area contributed by atoms with Crippen molar-refractivity contribution in [2.75, 3.05) is 20.3 Å². The van der Waals surface area contributed by atoms with E-state index >= 15 is 0 Å². The third-order valence-corrected chi connectivity index (χ3v) is 4.39. The third-order valence-electron chi connectivity index (χ3n) is 4.39. The number of benzene rings is 2. The average Bonchev–Trinajstić information content (AvgIpc) is 3.03. The van der Waals surface area contributed by atoms with Crippen LogP contribution in [-0.4, -0.2) is 37.8 Å². The normalized spacial score (nSPS) is 13.8. The smallest absolute Gasteiger partial charge is 0.344 e. The van der Waals surface area contributed by atoms with E-state index in [9.17, 15) is 9.59 Å². The fourth-order valence-corrected chi connectivity index (χ4v) is 3.06. The summed E-state index contributed by atoms with van der Waals surface area (Å²) in [6.07, 6.45) is 0.775. The number of methoxy groups -OCH3 is 1. The lowest BCUT2D eigenvalue weighted by Crippen LogP contribution is -2.29. The fourth-order valence-electron chi connectivity index (χ4n) is 3.06. The quantitative estimate of drug-likeness (QED) is 0.687. The number of esters is 1. The first-order chi connectivity index (χ1) is 13.9. The zero-order valence-corrected chi connectivity index (χ0v) is 16.8. The van der Waals surface area contributed by atoms with Gasteiger partial charge in [0, 0.05) is 18.5 Å². The van der Waals surface area contributed by atoms with E-state index in [1.54, 1.807) is 13.2 Å². The van der Waals surface area contributed by atoms with Crippen LogP contribution in [0.25, 0.3) is 0 Å². The second-order valence-corrected chi connectivity index (χ2v) is 7.36. The van der Waals surface area contributed by atoms with Gasteiger partial charge >= 0.3 is 5.97 Å². The number of para-hydroxylation sites is 1. The van der Waals surface area contributed by atoms with Crippen molar-refractivity contribution in [1.29, 1.82) is 0 Å². The molecular weight excluding hydrogens is 374 g/mol. The van der Waals surface area contributed by atoms with E-state index in [0.29, 0.717) is 23.8 Å². The molecule has 0 fully saturated rings. The molecule has 0 atom stereocenters. The van der Waals surface area contributed by atoms with Gasteiger partial charge in [0.15, 0.2) is 24.7 Å². The molecule has 0 aliphatic carbocycles. The molecule has 0 bridgehead atoms. The fraction of sp³-hybridized carbons (Fsp3) is 0.364. The molecule has 7 nitrogen and oxygen atoms in total. The highest BCUT2D eigenvalue weighted by Crippen LogP contribution is 2.41. The maximum absolute atomic E-state index is 11.9. The number of hydrogen-bond acceptors (Lipinski definition) is 6. The van der Waals surface area contributed by atoms with E-state index in [1.165, 1.54) is 0 Å². The van der Waals surface area contributed by atoms with Crippen LogP contribution in [0.2, 0.25) is 0 Å². The molecule has 0 spiro atoms. The summed E-state index contributed by atoms with van der Waals surface area (Å²) in [7, 11) is 1.58. The van der Waals surface area contributed by atoms with Crippen LogP contribution < -0.4 is 19.5 Å². The van der Waals surface area contributed by atoms with Crippen molar-refractivity contribution < 1.29 is 28.5 Å². The number of carbonyl (C=O) groups excluding carboxylic acids is 2. The summed E-state index contributed by atoms with van der Waals surface area (Å²) >= 11 is 0. The first-order valence-electron chi connectivity index (χ1n) is 9.35. The summed E-state index contributed by atoms with van der Waals surface area (Å²) in [5.74, 6) is 0.831. The molecule has 0 aromatic heterocycles. The Labute approximate surface area is 169 Å². The van der Waals surface area contributed by atoms with E-state index in [1.807, 2.05) is 50.2 Å². The van der Waals surface area contributed by atoms with Crippen LogP contribution in [0.5, 0.6) is 17.2 Å². The monoisotopic (exact) mass is 399 g/mol. The van der Waals surface area contributed by atoms with Gasteiger partial charge < -0.3 is 24.3 Å². The zero-order valence-electron chi connectivity index (χ0n) is 16.8. The summed E-state index contributed by atoms with van der Waals surface area (Å²) in [5, 5.41) is 2.69. The molecule has 1 aliphatic rings. The van der Waals surface area contributed by atoms with Gasteiger partial charge in [0.1, 0.15) is 11.4 Å². The van der Waals surface area contributed by atoms with Crippen molar-refractivity contribution >= 4 is 11.9 Å². The third kappa shape index (κ3) is 5.63. The second kappa shape index (κ2) is 8.86. The molecule has 2 aromatic carbocycles. The van der Waals surface area contributed by atoms with Crippen LogP contribution in [0, 0.1) is 0 Å². The van der Waals surface area contributed by atoms with Crippen LogP contribution >= 0.6 is 0 Å². The molecule has 1 heterocycles. The van der Waals surface area contributed by atoms with E-state index in [4.69, 9.17) is 18.9 Å². The Morgan fingerprint density at radius 1 is 1.14 bits per heavy atom. The van der Waals surface area contributed by atoms with Gasteiger partial charge in [-0.05, 0) is 37.6 Å². The number of ether oxygens (including phenoxy) is 4. The Hall–Kier alpha value is -3.22. The van der Waals surface area contributed by atoms with Gasteiger partial charge in [-0.15, -0.1) is 0 Å². The van der Waals surface area contributed by atoms with Crippen molar-refractivity contribution in [3.8, 4) is 17.2 Å². The maximum atomic E-state index is 11.9. The Morgan fingerprint density at radius 3 is 2.72 bits per heavy atom. The van der Waals surface area contributed by atoms with Crippen LogP contribution in [0.3, 0.4) is 0 Å². The highest BCUT2D eigenvalue weighted by atomic mass is 16.6. The predicted molar refractivity (Wildman–Crippen MR) is 106 cm³/mol. The highest BCUT2D eigenvalue weighted by molar-refractivity contribution is 5.80. The van der Waals surface area contributed by atoms with Crippen molar-refractivity contribution in [2.45, 2.75) is 32.4 Å². The lowest BCUT2D eigenvalue weighted by Gasteiger charge is -2.18. The van der Waals surface area contributed by atoms with Gasteiger partial charge in [-0.3, -0.25) is 4.79 Å². The lowest BCUT2D eigenvalue weighted by molar-refractivity contribution is -0.150. The minimum Gasteiger partial charge on any atom is -0.497 e. The second-order valence-electron chi connectivity index (χ2n) is 7.36. The molecule has 1 N–H and O–H groups in total. The molecule has 0 saturated heterocycles. The Kier molecular flexibility index (Phi) is 6.26. The van der Waals surface area contributed by atoms with Gasteiger partial charge in [-0.25, -0.2) is 4.79 Å². The molecule has 0 unspecified atom stereocenters. The lowest BCUT2D eigenvalue weighted by atomic mass is 10.0. The molecule has 29 heavy (non-hydrogen) atoms. The van der Waals surface area contributed by atoms with Gasteiger partial charge in [0.2, 0.25) is 0 Å². The molecule has 1 aliphatic heterocycles. The molecule has 154 valence electrons. The SMILES string of the molecule is COc1cccc(CNC(=O)COC(=O)COc2cccc3c2OC(C)(C)C3)c1. The molecule has 7 heteroatoms. The number of amides is 1. The first kappa shape index (κ1) is 20.5. The van der Waals surface area contributed by atoms with E-state index < -0.39 is 11.9 Å². The molecule has 0 radical (unpaired) electrons. The standard InChI is InChI=1S/C22H25NO6/c1-22(2)11-16-7-5-9-18(21(16)29-22)27-14-20(25)28-13-19(24)23-12-15-6-4-8-17(10-15)26-3/h4-10H,11-14H2,1-3H3,(H,23,24). The summed E-state index contributed by atoms with van der Waals surface area (Å²) in [6, 6.07) is 12.9. The number of nitrogens with one attached hydrogen (secondary N) is 1. The predicted octanol–water partition coefficient (Wildman–Crippen LogP) is 2.65. The van der Waals surface area contributed by atoms with Crippen LogP contribution in [-0.2, 0) is 27.3 Å². The minimum absolute atomic E-state index is 0.302. The van der Waals surface area contributed by atoms with Gasteiger partial charge in [0.25, 0.3) is 5.91 Å². The topological polar surface area (TPSA) is 83.1 Å². The zero-order chi connectivity index (χ0) is 20.9. The minimum atomic E-state index is -0.628. The Morgan fingerprint density at radius 2 is 1.93 bits per heavy atom. The largest absolute Gasteiger partial charge is 0.497 e. The van der Waals surface area contributed by atoms with E-state index in [2.05, 4.69) is 5.32 Å². The van der Waals surface area contributed by atoms with E-state index in [-0.39, 0.29) is 18.8 Å². The average molecular weight is 399 g/mol. The summed E-state index contributed by atoms with van der Waals surface area (Å²) in [6.45, 7) is 3.63. The molecule has 3 rings (SSSR count). The Bertz CT molecular complexity index is 893. The number of carbonyl (C=O) groups is 2. The summed E-state index contributed by atoms with van der Waals surface area (Å²) in [5.41, 5.74) is 1.62. The maximum Gasteiger partial charge on any atom is 0.344 e. The highest BCUT2D eigenvalue weighted by Gasteiger charge is 2.32. The molecular formula is C22H25NO6. The summed E-state index contributed by atoms with van der Waals surface area (Å²) < 4.78 is 21.6. The number of hydrogen-bond donors (Lipinski definition) is 1. The van der Waals surface area contributed by atoms with Crippen molar-refractivity contribution in [3.63, 3.8) is 0 Å². The Balaban J connectivity index is 1.42. The number of rotatable bonds is 8. The molecule has 1 amide bonds. The first-order valence-corrected chi connectivity index (χ1v) is 9.35. The van der Waals surface area contributed by atoms with Crippen molar-refractivity contribution in [2.24, 2.45) is 0 Å². The van der Waals surface area contributed by atoms with Crippen LogP contribution in [0.15, 0.2) is 42.5 Å². The van der Waals surface area contributed by atoms with Crippen LogP contribution in [0.1, 0.15) is 25.0 Å². The summed E-state index contributed by atoms with van der Waals surface area (Å²) in [4.78, 5) is 23.8. The van der Waals surface area contributed by atoms with E-state index in [0.717, 1.165) is 17.5 Å². The van der Waals surface area contributed by atoms with Gasteiger partial charge in [-0.2, -0.15) is 0 Å². The van der Waals surface area contributed by atoms with Crippen molar-refractivity contribution in [1.82, 2.24) is 5.32 Å². The molecule has 0 saturated carbocycles. The molecule has 2 aromatic rings.